The minimum atomic E-state index is -3.56. The van der Waals surface area contributed by atoms with Gasteiger partial charge in [-0.2, -0.15) is 0 Å². The molecular weight excluding hydrogens is 407 g/mol. The zero-order valence-electron chi connectivity index (χ0n) is 17.0. The lowest BCUT2D eigenvalue weighted by Crippen LogP contribution is -2.28. The third kappa shape index (κ3) is 6.45. The number of amides is 1. The molecule has 162 valence electrons. The van der Waals surface area contributed by atoms with Gasteiger partial charge in [0.2, 0.25) is 10.0 Å². The predicted octanol–water partition coefficient (Wildman–Crippen LogP) is 3.94. The highest BCUT2D eigenvalue weighted by atomic mass is 32.2. The monoisotopic (exact) mass is 434 g/mol. The molecule has 0 saturated heterocycles. The molecule has 30 heavy (non-hydrogen) atoms. The fourth-order valence-electron chi connectivity index (χ4n) is 3.71. The van der Waals surface area contributed by atoms with Gasteiger partial charge in [-0.25, -0.2) is 12.8 Å². The van der Waals surface area contributed by atoms with Crippen LogP contribution in [-0.4, -0.2) is 27.2 Å². The van der Waals surface area contributed by atoms with Gasteiger partial charge in [0.25, 0.3) is 5.91 Å². The first-order valence-electron chi connectivity index (χ1n) is 10.1. The van der Waals surface area contributed by atoms with Crippen molar-refractivity contribution in [3.63, 3.8) is 0 Å². The number of hydrogen-bond donors (Lipinski definition) is 2. The number of carbonyl (C=O) groups is 1. The molecule has 0 aromatic heterocycles. The van der Waals surface area contributed by atoms with Crippen LogP contribution in [0.15, 0.2) is 42.5 Å². The van der Waals surface area contributed by atoms with Gasteiger partial charge in [0, 0.05) is 6.54 Å². The molecule has 0 radical (unpaired) electrons. The Morgan fingerprint density at radius 3 is 2.57 bits per heavy atom. The Morgan fingerprint density at radius 1 is 1.13 bits per heavy atom. The smallest absolute Gasteiger partial charge is 0.258 e. The second kappa shape index (κ2) is 9.93. The number of carbonyl (C=O) groups excluding carboxylic acids is 1. The summed E-state index contributed by atoms with van der Waals surface area (Å²) < 4.78 is 44.3. The maximum Gasteiger partial charge on any atom is 0.258 e. The summed E-state index contributed by atoms with van der Waals surface area (Å²) in [4.78, 5) is 12.2. The van der Waals surface area contributed by atoms with Gasteiger partial charge in [-0.05, 0) is 48.1 Å². The van der Waals surface area contributed by atoms with E-state index in [0.29, 0.717) is 11.5 Å². The molecule has 0 unspecified atom stereocenters. The van der Waals surface area contributed by atoms with E-state index in [9.17, 15) is 17.6 Å². The fraction of sp³-hybridized carbons (Fsp3) is 0.409. The van der Waals surface area contributed by atoms with Gasteiger partial charge < -0.3 is 10.1 Å². The number of anilines is 1. The van der Waals surface area contributed by atoms with E-state index in [1.54, 1.807) is 6.07 Å². The number of nitrogens with one attached hydrogen (secondary N) is 2. The number of para-hydroxylation sites is 1. The third-order valence-corrected chi connectivity index (χ3v) is 5.73. The summed E-state index contributed by atoms with van der Waals surface area (Å²) in [5.74, 6) is 0.193. The Bertz CT molecular complexity index is 988. The second-order valence-electron chi connectivity index (χ2n) is 7.63. The Balaban J connectivity index is 1.53. The average molecular weight is 435 g/mol. The molecule has 0 aliphatic heterocycles. The Kier molecular flexibility index (Phi) is 7.31. The highest BCUT2D eigenvalue weighted by Gasteiger charge is 2.19. The van der Waals surface area contributed by atoms with E-state index in [-0.39, 0.29) is 24.7 Å². The lowest BCUT2D eigenvalue weighted by molar-refractivity contribution is -0.123. The summed E-state index contributed by atoms with van der Waals surface area (Å²) in [6.45, 7) is -0.0114. The largest absolute Gasteiger partial charge is 0.483 e. The van der Waals surface area contributed by atoms with Crippen molar-refractivity contribution < 1.29 is 22.3 Å². The fourth-order valence-corrected chi connectivity index (χ4v) is 4.27. The molecule has 1 saturated carbocycles. The van der Waals surface area contributed by atoms with Crippen LogP contribution in [0.3, 0.4) is 0 Å². The first-order chi connectivity index (χ1) is 14.3. The van der Waals surface area contributed by atoms with Crippen LogP contribution in [0.5, 0.6) is 5.75 Å². The van der Waals surface area contributed by atoms with Gasteiger partial charge in [-0.15, -0.1) is 0 Å². The topological polar surface area (TPSA) is 84.5 Å². The molecule has 0 heterocycles. The van der Waals surface area contributed by atoms with Crippen molar-refractivity contribution in [2.75, 3.05) is 17.6 Å². The molecule has 1 amide bonds. The van der Waals surface area contributed by atoms with E-state index < -0.39 is 15.8 Å². The molecule has 3 rings (SSSR count). The highest BCUT2D eigenvalue weighted by molar-refractivity contribution is 7.92. The lowest BCUT2D eigenvalue weighted by Gasteiger charge is -2.24. The molecule has 1 aliphatic carbocycles. The predicted molar refractivity (Wildman–Crippen MR) is 114 cm³/mol. The minimum absolute atomic E-state index is 0.114. The van der Waals surface area contributed by atoms with E-state index >= 15 is 0 Å². The summed E-state index contributed by atoms with van der Waals surface area (Å²) in [5, 5.41) is 2.69. The SMILES string of the molecule is CS(=O)(=O)Nc1ccc(CNC(=O)COc2ccccc2C2CCCCC2)cc1F. The molecule has 0 bridgehead atoms. The van der Waals surface area contributed by atoms with Gasteiger partial charge in [-0.1, -0.05) is 43.5 Å². The summed E-state index contributed by atoms with van der Waals surface area (Å²) in [7, 11) is -3.56. The van der Waals surface area contributed by atoms with E-state index in [1.165, 1.54) is 31.4 Å². The summed E-state index contributed by atoms with van der Waals surface area (Å²) >= 11 is 0. The molecule has 2 aromatic carbocycles. The zero-order valence-corrected chi connectivity index (χ0v) is 17.8. The van der Waals surface area contributed by atoms with Crippen LogP contribution in [0.1, 0.15) is 49.1 Å². The van der Waals surface area contributed by atoms with Gasteiger partial charge in [0.1, 0.15) is 11.6 Å². The first-order valence-corrected chi connectivity index (χ1v) is 12.0. The Hall–Kier alpha value is -2.61. The maximum atomic E-state index is 14.0. The van der Waals surface area contributed by atoms with Crippen molar-refractivity contribution >= 4 is 21.6 Å². The van der Waals surface area contributed by atoms with Crippen LogP contribution in [0.4, 0.5) is 10.1 Å². The number of halogens is 1. The van der Waals surface area contributed by atoms with E-state index in [2.05, 4.69) is 16.1 Å². The average Bonchev–Trinajstić information content (AvgIpc) is 2.72. The standard InChI is InChI=1S/C22H27FN2O4S/c1-30(27,28)25-20-12-11-16(13-19(20)23)14-24-22(26)15-29-21-10-6-5-9-18(21)17-7-3-2-4-8-17/h5-6,9-13,17,25H,2-4,7-8,14-15H2,1H3,(H,24,26). The highest BCUT2D eigenvalue weighted by Crippen LogP contribution is 2.37. The number of ether oxygens (including phenoxy) is 1. The van der Waals surface area contributed by atoms with Gasteiger partial charge >= 0.3 is 0 Å². The molecule has 1 aliphatic rings. The van der Waals surface area contributed by atoms with Gasteiger partial charge in [0.15, 0.2) is 6.61 Å². The normalized spacial score (nSPS) is 14.9. The van der Waals surface area contributed by atoms with Crippen molar-refractivity contribution in [1.82, 2.24) is 5.32 Å². The minimum Gasteiger partial charge on any atom is -0.483 e. The number of rotatable bonds is 8. The first kappa shape index (κ1) is 22.1. The number of hydrogen-bond acceptors (Lipinski definition) is 4. The van der Waals surface area contributed by atoms with Crippen LogP contribution in [-0.2, 0) is 21.4 Å². The van der Waals surface area contributed by atoms with Gasteiger partial charge in [-0.3, -0.25) is 9.52 Å². The molecule has 1 fully saturated rings. The van der Waals surface area contributed by atoms with Crippen LogP contribution in [0, 0.1) is 5.82 Å². The summed E-state index contributed by atoms with van der Waals surface area (Å²) in [6.07, 6.45) is 6.94. The molecule has 0 spiro atoms. The van der Waals surface area contributed by atoms with Gasteiger partial charge in [0.05, 0.1) is 11.9 Å². The van der Waals surface area contributed by atoms with E-state index in [1.807, 2.05) is 18.2 Å². The van der Waals surface area contributed by atoms with E-state index in [0.717, 1.165) is 30.4 Å². The van der Waals surface area contributed by atoms with Crippen LogP contribution in [0.25, 0.3) is 0 Å². The van der Waals surface area contributed by atoms with Crippen molar-refractivity contribution in [3.05, 3.63) is 59.4 Å². The number of benzene rings is 2. The van der Waals surface area contributed by atoms with Crippen molar-refractivity contribution in [2.24, 2.45) is 0 Å². The number of sulfonamides is 1. The van der Waals surface area contributed by atoms with Crippen molar-refractivity contribution in [3.8, 4) is 5.75 Å². The summed E-state index contributed by atoms with van der Waals surface area (Å²) in [5.41, 5.74) is 1.54. The Labute approximate surface area is 176 Å². The Morgan fingerprint density at radius 2 is 1.87 bits per heavy atom. The van der Waals surface area contributed by atoms with Crippen LogP contribution in [0.2, 0.25) is 0 Å². The molecule has 0 atom stereocenters. The molecule has 2 N–H and O–H groups in total. The molecule has 8 heteroatoms. The second-order valence-corrected chi connectivity index (χ2v) is 9.38. The van der Waals surface area contributed by atoms with E-state index in [4.69, 9.17) is 4.74 Å². The maximum absolute atomic E-state index is 14.0. The van der Waals surface area contributed by atoms with Crippen LogP contribution >= 0.6 is 0 Å². The summed E-state index contributed by atoms with van der Waals surface area (Å²) in [6, 6.07) is 11.9. The molecule has 6 nitrogen and oxygen atoms in total. The van der Waals surface area contributed by atoms with Crippen molar-refractivity contribution in [1.29, 1.82) is 0 Å². The van der Waals surface area contributed by atoms with Crippen LogP contribution < -0.4 is 14.8 Å². The molecule has 2 aromatic rings. The zero-order chi connectivity index (χ0) is 21.6. The lowest BCUT2D eigenvalue weighted by atomic mass is 9.84. The quantitative estimate of drug-likeness (QED) is 0.659. The molecular formula is C22H27FN2O4S. The third-order valence-electron chi connectivity index (χ3n) is 5.14. The van der Waals surface area contributed by atoms with Crippen molar-refractivity contribution in [2.45, 2.75) is 44.6 Å².